The van der Waals surface area contributed by atoms with Crippen molar-refractivity contribution in [2.24, 2.45) is 11.8 Å². The molecule has 1 saturated heterocycles. The average molecular weight is 250 g/mol. The lowest BCUT2D eigenvalue weighted by Gasteiger charge is -2.38. The molecule has 2 aliphatic carbocycles. The molecule has 0 amide bonds. The van der Waals surface area contributed by atoms with E-state index in [-0.39, 0.29) is 0 Å². The molecule has 3 unspecified atom stereocenters. The van der Waals surface area contributed by atoms with E-state index in [1.165, 1.54) is 70.9 Å². The van der Waals surface area contributed by atoms with Crippen molar-refractivity contribution in [2.45, 2.75) is 69.9 Å². The lowest BCUT2D eigenvalue weighted by molar-refractivity contribution is 0.132. The molecule has 1 heterocycles. The first-order valence-electron chi connectivity index (χ1n) is 8.26. The number of hydrogen-bond donors (Lipinski definition) is 1. The van der Waals surface area contributed by atoms with E-state index in [2.05, 4.69) is 17.3 Å². The molecule has 1 aliphatic heterocycles. The van der Waals surface area contributed by atoms with Gasteiger partial charge in [-0.3, -0.25) is 0 Å². The highest BCUT2D eigenvalue weighted by molar-refractivity contribution is 4.89. The van der Waals surface area contributed by atoms with E-state index >= 15 is 0 Å². The molecule has 3 aliphatic rings. The van der Waals surface area contributed by atoms with Gasteiger partial charge in [-0.2, -0.15) is 0 Å². The van der Waals surface area contributed by atoms with Gasteiger partial charge in [0.25, 0.3) is 0 Å². The Bertz CT molecular complexity index is 256. The van der Waals surface area contributed by atoms with Crippen LogP contribution in [0.25, 0.3) is 0 Å². The van der Waals surface area contributed by atoms with Gasteiger partial charge in [-0.25, -0.2) is 0 Å². The number of nitrogens with zero attached hydrogens (tertiary/aromatic N) is 1. The lowest BCUT2D eigenvalue weighted by atomic mass is 9.82. The number of hydrogen-bond acceptors (Lipinski definition) is 2. The Hall–Kier alpha value is -0.0800. The van der Waals surface area contributed by atoms with Crippen LogP contribution in [0, 0.1) is 11.8 Å². The normalized spacial score (nSPS) is 38.0. The van der Waals surface area contributed by atoms with Gasteiger partial charge in [0.1, 0.15) is 0 Å². The van der Waals surface area contributed by atoms with Crippen molar-refractivity contribution >= 4 is 0 Å². The van der Waals surface area contributed by atoms with Gasteiger partial charge >= 0.3 is 0 Å². The Kier molecular flexibility index (Phi) is 4.25. The number of piperidine rings is 1. The summed E-state index contributed by atoms with van der Waals surface area (Å²) in [6, 6.07) is 1.65. The van der Waals surface area contributed by atoms with Gasteiger partial charge in [-0.1, -0.05) is 19.3 Å². The highest BCUT2D eigenvalue weighted by Crippen LogP contribution is 2.44. The largest absolute Gasteiger partial charge is 0.313 e. The fourth-order valence-electron chi connectivity index (χ4n) is 4.17. The number of nitrogens with one attached hydrogen (secondary N) is 1. The maximum Gasteiger partial charge on any atom is 0.0195 e. The average Bonchev–Trinajstić information content (AvgIpc) is 3.24. The van der Waals surface area contributed by atoms with Crippen LogP contribution in [0.3, 0.4) is 0 Å². The zero-order valence-corrected chi connectivity index (χ0v) is 12.0. The minimum Gasteiger partial charge on any atom is -0.313 e. The zero-order valence-electron chi connectivity index (χ0n) is 12.0. The molecule has 0 aromatic carbocycles. The molecule has 1 N–H and O–H groups in total. The third-order valence-electron chi connectivity index (χ3n) is 5.52. The van der Waals surface area contributed by atoms with Crippen molar-refractivity contribution in [1.29, 1.82) is 0 Å². The maximum absolute atomic E-state index is 3.69. The third-order valence-corrected chi connectivity index (χ3v) is 5.52. The highest BCUT2D eigenvalue weighted by atomic mass is 15.2. The van der Waals surface area contributed by atoms with Crippen LogP contribution in [-0.4, -0.2) is 37.1 Å². The van der Waals surface area contributed by atoms with E-state index in [1.807, 2.05) is 0 Å². The predicted molar refractivity (Wildman–Crippen MR) is 76.7 cm³/mol. The van der Waals surface area contributed by atoms with Crippen LogP contribution >= 0.6 is 0 Å². The molecule has 3 fully saturated rings. The van der Waals surface area contributed by atoms with Gasteiger partial charge in [-0.15, -0.1) is 0 Å². The number of likely N-dealkylation sites (N-methyl/N-ethyl adjacent to an activating group) is 1. The summed E-state index contributed by atoms with van der Waals surface area (Å²) in [6.07, 6.45) is 13.2. The molecule has 0 bridgehead atoms. The summed E-state index contributed by atoms with van der Waals surface area (Å²) >= 11 is 0. The van der Waals surface area contributed by atoms with E-state index in [9.17, 15) is 0 Å². The summed E-state index contributed by atoms with van der Waals surface area (Å²) in [5.74, 6) is 2.19. The molecule has 3 rings (SSSR count). The summed E-state index contributed by atoms with van der Waals surface area (Å²) in [4.78, 5) is 2.68. The quantitative estimate of drug-likeness (QED) is 0.825. The summed E-state index contributed by atoms with van der Waals surface area (Å²) < 4.78 is 0. The lowest BCUT2D eigenvalue weighted by Crippen LogP contribution is -2.46. The van der Waals surface area contributed by atoms with Gasteiger partial charge in [0.05, 0.1) is 0 Å². The van der Waals surface area contributed by atoms with Crippen LogP contribution in [0.1, 0.15) is 57.8 Å². The number of rotatable bonds is 4. The third kappa shape index (κ3) is 3.27. The van der Waals surface area contributed by atoms with E-state index in [1.54, 1.807) is 0 Å². The van der Waals surface area contributed by atoms with Crippen LogP contribution in [-0.2, 0) is 0 Å². The van der Waals surface area contributed by atoms with Crippen LogP contribution < -0.4 is 5.32 Å². The second-order valence-electron chi connectivity index (χ2n) is 7.00. The zero-order chi connectivity index (χ0) is 12.4. The Labute approximate surface area is 113 Å². The smallest absolute Gasteiger partial charge is 0.0195 e. The molecule has 0 spiro atoms. The summed E-state index contributed by atoms with van der Waals surface area (Å²) in [6.45, 7) is 2.52. The SMILES string of the molecule is CN(CC1CCCCN1)C1CCCC(C2CC2)C1. The van der Waals surface area contributed by atoms with Gasteiger partial charge in [-0.05, 0) is 64.0 Å². The molecule has 2 saturated carbocycles. The molecule has 18 heavy (non-hydrogen) atoms. The Morgan fingerprint density at radius 3 is 2.56 bits per heavy atom. The first kappa shape index (κ1) is 12.9. The van der Waals surface area contributed by atoms with E-state index in [0.29, 0.717) is 0 Å². The van der Waals surface area contributed by atoms with E-state index in [4.69, 9.17) is 0 Å². The van der Waals surface area contributed by atoms with Crippen LogP contribution in [0.15, 0.2) is 0 Å². The monoisotopic (exact) mass is 250 g/mol. The van der Waals surface area contributed by atoms with Crippen LogP contribution in [0.2, 0.25) is 0 Å². The summed E-state index contributed by atoms with van der Waals surface area (Å²) in [5.41, 5.74) is 0. The Morgan fingerprint density at radius 2 is 1.83 bits per heavy atom. The summed E-state index contributed by atoms with van der Waals surface area (Å²) in [5, 5.41) is 3.69. The standard InChI is InChI=1S/C16H30N2/c1-18(12-15-6-2-3-10-17-15)16-7-4-5-14(11-16)13-8-9-13/h13-17H,2-12H2,1H3. The topological polar surface area (TPSA) is 15.3 Å². The molecular weight excluding hydrogens is 220 g/mol. The van der Waals surface area contributed by atoms with Gasteiger partial charge < -0.3 is 10.2 Å². The van der Waals surface area contributed by atoms with Crippen molar-refractivity contribution < 1.29 is 0 Å². The van der Waals surface area contributed by atoms with Crippen molar-refractivity contribution in [2.75, 3.05) is 20.1 Å². The summed E-state index contributed by atoms with van der Waals surface area (Å²) in [7, 11) is 2.37. The first-order valence-corrected chi connectivity index (χ1v) is 8.26. The van der Waals surface area contributed by atoms with E-state index in [0.717, 1.165) is 23.9 Å². The molecule has 0 aromatic heterocycles. The second-order valence-corrected chi connectivity index (χ2v) is 7.00. The van der Waals surface area contributed by atoms with Gasteiger partial charge in [0.15, 0.2) is 0 Å². The van der Waals surface area contributed by atoms with Crippen molar-refractivity contribution in [1.82, 2.24) is 10.2 Å². The molecule has 0 aromatic rings. The predicted octanol–water partition coefficient (Wildman–Crippen LogP) is 3.03. The minimum absolute atomic E-state index is 0.769. The Morgan fingerprint density at radius 1 is 0.944 bits per heavy atom. The van der Waals surface area contributed by atoms with Gasteiger partial charge in [0.2, 0.25) is 0 Å². The van der Waals surface area contributed by atoms with Crippen molar-refractivity contribution in [3.8, 4) is 0 Å². The molecular formula is C16H30N2. The Balaban J connectivity index is 1.46. The molecule has 2 heteroatoms. The molecule has 2 nitrogen and oxygen atoms in total. The van der Waals surface area contributed by atoms with Gasteiger partial charge in [0, 0.05) is 18.6 Å². The molecule has 3 atom stereocenters. The maximum atomic E-state index is 3.69. The fourth-order valence-corrected chi connectivity index (χ4v) is 4.17. The van der Waals surface area contributed by atoms with Crippen molar-refractivity contribution in [3.63, 3.8) is 0 Å². The first-order chi connectivity index (χ1) is 8.83. The van der Waals surface area contributed by atoms with Crippen LogP contribution in [0.4, 0.5) is 0 Å². The fraction of sp³-hybridized carbons (Fsp3) is 1.00. The molecule has 0 radical (unpaired) electrons. The van der Waals surface area contributed by atoms with Crippen LogP contribution in [0.5, 0.6) is 0 Å². The molecule has 104 valence electrons. The second kappa shape index (κ2) is 5.92. The minimum atomic E-state index is 0.769. The van der Waals surface area contributed by atoms with Crippen molar-refractivity contribution in [3.05, 3.63) is 0 Å². The van der Waals surface area contributed by atoms with E-state index < -0.39 is 0 Å². The highest BCUT2D eigenvalue weighted by Gasteiger charge is 2.35.